The summed E-state index contributed by atoms with van der Waals surface area (Å²) < 4.78 is 11.7. The predicted molar refractivity (Wildman–Crippen MR) is 128 cm³/mol. The van der Waals surface area contributed by atoms with Gasteiger partial charge in [-0.2, -0.15) is 0 Å². The summed E-state index contributed by atoms with van der Waals surface area (Å²) in [7, 11) is 0. The summed E-state index contributed by atoms with van der Waals surface area (Å²) in [5, 5.41) is 14.4. The molecule has 4 heterocycles. The van der Waals surface area contributed by atoms with Gasteiger partial charge < -0.3 is 14.3 Å². The highest BCUT2D eigenvalue weighted by atomic mass is 32.1. The van der Waals surface area contributed by atoms with Crippen molar-refractivity contribution in [3.05, 3.63) is 74.8 Å². The Morgan fingerprint density at radius 3 is 2.67 bits per heavy atom. The number of ether oxygens (including phenoxy) is 1. The summed E-state index contributed by atoms with van der Waals surface area (Å²) in [5.74, 6) is 0.166. The van der Waals surface area contributed by atoms with Crippen molar-refractivity contribution in [3.63, 3.8) is 0 Å². The van der Waals surface area contributed by atoms with Crippen molar-refractivity contribution in [2.24, 2.45) is 0 Å². The number of hydrogen-bond acceptors (Lipinski definition) is 8. The van der Waals surface area contributed by atoms with Crippen LogP contribution in [0.2, 0.25) is 0 Å². The van der Waals surface area contributed by atoms with Crippen LogP contribution in [0.25, 0.3) is 21.5 Å². The molecule has 0 radical (unpaired) electrons. The Bertz CT molecular complexity index is 1340. The molecule has 1 aliphatic heterocycles. The number of aryl methyl sites for hydroxylation is 2. The number of fused-ring (bicyclic) bond motifs is 1. The molecular weight excluding hydrogens is 438 g/mol. The topological polar surface area (TPSA) is 88.7 Å². The van der Waals surface area contributed by atoms with Gasteiger partial charge in [0.1, 0.15) is 22.6 Å². The number of thiazole rings is 1. The second-order valence-electron chi connectivity index (χ2n) is 8.13. The predicted octanol–water partition coefficient (Wildman–Crippen LogP) is 4.31. The van der Waals surface area contributed by atoms with E-state index in [4.69, 9.17) is 9.15 Å². The third-order valence-corrected chi connectivity index (χ3v) is 7.08. The molecule has 1 aromatic carbocycles. The molecule has 7 nitrogen and oxygen atoms in total. The minimum atomic E-state index is -0.304. The molecule has 0 bridgehead atoms. The van der Waals surface area contributed by atoms with E-state index in [9.17, 15) is 9.90 Å². The number of pyridine rings is 1. The number of hydrogen-bond donors (Lipinski definition) is 1. The van der Waals surface area contributed by atoms with Crippen molar-refractivity contribution in [2.45, 2.75) is 26.3 Å². The molecule has 0 unspecified atom stereocenters. The molecule has 1 saturated heterocycles. The lowest BCUT2D eigenvalue weighted by Crippen LogP contribution is -2.39. The van der Waals surface area contributed by atoms with Crippen molar-refractivity contribution in [1.29, 1.82) is 0 Å². The molecule has 0 amide bonds. The first kappa shape index (κ1) is 21.8. The van der Waals surface area contributed by atoms with E-state index in [-0.39, 0.29) is 17.2 Å². The number of aromatic hydroxyl groups is 1. The molecule has 8 heteroatoms. The van der Waals surface area contributed by atoms with Gasteiger partial charge in [-0.1, -0.05) is 6.92 Å². The summed E-state index contributed by atoms with van der Waals surface area (Å²) >= 11 is 1.42. The largest absolute Gasteiger partial charge is 0.507 e. The van der Waals surface area contributed by atoms with Crippen molar-refractivity contribution in [3.8, 4) is 16.3 Å². The zero-order valence-corrected chi connectivity index (χ0v) is 19.4. The zero-order valence-electron chi connectivity index (χ0n) is 18.6. The number of nitrogens with zero attached hydrogens (tertiary/aromatic N) is 3. The molecule has 1 aliphatic rings. The fraction of sp³-hybridized carbons (Fsp3) is 0.320. The van der Waals surface area contributed by atoms with Crippen LogP contribution in [0.4, 0.5) is 0 Å². The highest BCUT2D eigenvalue weighted by Crippen LogP contribution is 2.41. The first-order chi connectivity index (χ1) is 16.1. The average molecular weight is 464 g/mol. The maximum atomic E-state index is 13.6. The third kappa shape index (κ3) is 3.94. The Balaban J connectivity index is 1.79. The Morgan fingerprint density at radius 1 is 1.24 bits per heavy atom. The van der Waals surface area contributed by atoms with Gasteiger partial charge in [-0.3, -0.25) is 14.7 Å². The molecular formula is C25H25N3O4S. The Hall–Kier alpha value is -3.07. The van der Waals surface area contributed by atoms with Crippen molar-refractivity contribution < 1.29 is 14.3 Å². The van der Waals surface area contributed by atoms with Crippen LogP contribution in [0, 0.1) is 6.92 Å². The average Bonchev–Trinajstić information content (AvgIpc) is 3.28. The van der Waals surface area contributed by atoms with Crippen LogP contribution in [0.3, 0.4) is 0 Å². The van der Waals surface area contributed by atoms with Gasteiger partial charge in [0.25, 0.3) is 0 Å². The maximum absolute atomic E-state index is 13.6. The molecule has 170 valence electrons. The van der Waals surface area contributed by atoms with Crippen LogP contribution in [-0.4, -0.2) is 46.3 Å². The first-order valence-corrected chi connectivity index (χ1v) is 11.9. The van der Waals surface area contributed by atoms with E-state index in [1.54, 1.807) is 18.5 Å². The minimum absolute atomic E-state index is 0.142. The molecule has 1 N–H and O–H groups in total. The van der Waals surface area contributed by atoms with E-state index < -0.39 is 0 Å². The van der Waals surface area contributed by atoms with Crippen LogP contribution in [-0.2, 0) is 11.2 Å². The van der Waals surface area contributed by atoms with E-state index in [0.29, 0.717) is 65.4 Å². The lowest BCUT2D eigenvalue weighted by molar-refractivity contribution is 0.0236. The number of morpholine rings is 1. The number of aromatic nitrogens is 2. The lowest BCUT2D eigenvalue weighted by atomic mass is 9.91. The van der Waals surface area contributed by atoms with Gasteiger partial charge >= 0.3 is 0 Å². The van der Waals surface area contributed by atoms with Crippen molar-refractivity contribution >= 4 is 22.3 Å². The van der Waals surface area contributed by atoms with Crippen molar-refractivity contribution in [1.82, 2.24) is 14.9 Å². The van der Waals surface area contributed by atoms with E-state index in [0.717, 1.165) is 11.3 Å². The van der Waals surface area contributed by atoms with Gasteiger partial charge in [0.2, 0.25) is 5.43 Å². The molecule has 0 saturated carbocycles. The van der Waals surface area contributed by atoms with Crippen LogP contribution in [0.15, 0.2) is 51.4 Å². The molecule has 0 spiro atoms. The Labute approximate surface area is 195 Å². The second-order valence-corrected chi connectivity index (χ2v) is 8.99. The summed E-state index contributed by atoms with van der Waals surface area (Å²) in [5.41, 5.74) is 3.85. The SMILES string of the molecule is CCc1cc2c(=O)c(-c3nc(C)cs3)coc2c([C@@H](c2ccncc2)N2CCOCC2)c1O. The van der Waals surface area contributed by atoms with Gasteiger partial charge in [-0.15, -0.1) is 11.3 Å². The maximum Gasteiger partial charge on any atom is 0.202 e. The lowest BCUT2D eigenvalue weighted by Gasteiger charge is -2.35. The van der Waals surface area contributed by atoms with Gasteiger partial charge in [0, 0.05) is 36.6 Å². The summed E-state index contributed by atoms with van der Waals surface area (Å²) in [6, 6.07) is 5.33. The fourth-order valence-corrected chi connectivity index (χ4v) is 5.24. The second kappa shape index (κ2) is 9.05. The first-order valence-electron chi connectivity index (χ1n) is 11.0. The van der Waals surface area contributed by atoms with Crippen LogP contribution in [0.1, 0.15) is 35.3 Å². The number of phenols is 1. The van der Waals surface area contributed by atoms with E-state index in [2.05, 4.69) is 14.9 Å². The Kier molecular flexibility index (Phi) is 5.97. The molecule has 1 fully saturated rings. The van der Waals surface area contributed by atoms with Gasteiger partial charge in [-0.25, -0.2) is 4.98 Å². The smallest absolute Gasteiger partial charge is 0.202 e. The highest BCUT2D eigenvalue weighted by Gasteiger charge is 2.31. The number of phenolic OH excluding ortho intramolecular Hbond substituents is 1. The molecule has 3 aromatic heterocycles. The molecule has 0 aliphatic carbocycles. The van der Waals surface area contributed by atoms with Crippen molar-refractivity contribution in [2.75, 3.05) is 26.3 Å². The molecule has 1 atom stereocenters. The van der Waals surface area contributed by atoms with Crippen LogP contribution in [0.5, 0.6) is 5.75 Å². The normalized spacial score (nSPS) is 15.7. The quantitative estimate of drug-likeness (QED) is 0.472. The number of rotatable bonds is 5. The van der Waals surface area contributed by atoms with Gasteiger partial charge in [-0.05, 0) is 42.7 Å². The standard InChI is InChI=1S/C25H25N3O4S/c1-3-16-12-18-23(30)19(25-27-15(2)14-33-25)13-32-24(18)20(22(16)29)21(17-4-6-26-7-5-17)28-8-10-31-11-9-28/h4-7,12-14,21,29H,3,8-11H2,1-2H3/t21-/m1/s1. The minimum Gasteiger partial charge on any atom is -0.507 e. The molecule has 33 heavy (non-hydrogen) atoms. The monoisotopic (exact) mass is 463 g/mol. The van der Waals surface area contributed by atoms with Crippen LogP contribution >= 0.6 is 11.3 Å². The van der Waals surface area contributed by atoms with E-state index in [1.165, 1.54) is 17.6 Å². The molecule has 5 rings (SSSR count). The fourth-order valence-electron chi connectivity index (χ4n) is 4.44. The van der Waals surface area contributed by atoms with E-state index in [1.807, 2.05) is 31.4 Å². The summed E-state index contributed by atoms with van der Waals surface area (Å²) in [6.45, 7) is 6.47. The summed E-state index contributed by atoms with van der Waals surface area (Å²) in [6.07, 6.45) is 5.54. The Morgan fingerprint density at radius 2 is 2.00 bits per heavy atom. The number of benzene rings is 1. The van der Waals surface area contributed by atoms with Crippen LogP contribution < -0.4 is 5.43 Å². The van der Waals surface area contributed by atoms with E-state index >= 15 is 0 Å². The molecule has 4 aromatic rings. The zero-order chi connectivity index (χ0) is 22.9. The van der Waals surface area contributed by atoms with Gasteiger partial charge in [0.05, 0.1) is 35.8 Å². The highest BCUT2D eigenvalue weighted by molar-refractivity contribution is 7.13. The third-order valence-electron chi connectivity index (χ3n) is 6.09. The van der Waals surface area contributed by atoms with Gasteiger partial charge in [0.15, 0.2) is 0 Å². The summed E-state index contributed by atoms with van der Waals surface area (Å²) in [4.78, 5) is 24.5.